The number of nitrogens with zero attached hydrogens (tertiary/aromatic N) is 1. The number of primary amides is 1. The molecule has 0 spiro atoms. The Morgan fingerprint density at radius 2 is 2.20 bits per heavy atom. The summed E-state index contributed by atoms with van der Waals surface area (Å²) in [6.45, 7) is 0. The number of hydrogen-bond acceptors (Lipinski definition) is 4. The van der Waals surface area contributed by atoms with Gasteiger partial charge in [-0.15, -0.1) is 0 Å². The Labute approximate surface area is 83.6 Å². The summed E-state index contributed by atoms with van der Waals surface area (Å²) in [6, 6.07) is 1.49. The molecule has 1 aromatic carbocycles. The van der Waals surface area contributed by atoms with E-state index in [1.165, 1.54) is 7.11 Å². The van der Waals surface area contributed by atoms with Gasteiger partial charge in [0.05, 0.1) is 18.1 Å². The molecule has 0 saturated heterocycles. The van der Waals surface area contributed by atoms with E-state index in [1.54, 1.807) is 0 Å². The molecule has 0 aliphatic carbocycles. The summed E-state index contributed by atoms with van der Waals surface area (Å²) in [6.07, 6.45) is 0. The maximum Gasteiger partial charge on any atom is 0.285 e. The summed E-state index contributed by atoms with van der Waals surface area (Å²) in [5, 5.41) is 10.5. The molecule has 0 radical (unpaired) electrons. The van der Waals surface area contributed by atoms with Gasteiger partial charge in [-0.25, -0.2) is 4.39 Å². The van der Waals surface area contributed by atoms with Gasteiger partial charge >= 0.3 is 0 Å². The predicted molar refractivity (Wildman–Crippen MR) is 48.1 cm³/mol. The van der Waals surface area contributed by atoms with E-state index in [9.17, 15) is 19.3 Å². The molecule has 0 bridgehead atoms. The Kier molecular flexibility index (Phi) is 2.84. The van der Waals surface area contributed by atoms with Gasteiger partial charge in [0.2, 0.25) is 0 Å². The van der Waals surface area contributed by atoms with E-state index in [2.05, 4.69) is 4.74 Å². The molecule has 0 unspecified atom stereocenters. The van der Waals surface area contributed by atoms with Crippen LogP contribution in [-0.2, 0) is 0 Å². The number of nitrogens with two attached hydrogens (primary N) is 1. The number of carbonyl (C=O) groups excluding carboxylic acids is 1. The number of rotatable bonds is 3. The first-order valence-corrected chi connectivity index (χ1v) is 3.79. The second kappa shape index (κ2) is 3.91. The number of benzene rings is 1. The second-order valence-corrected chi connectivity index (χ2v) is 2.63. The van der Waals surface area contributed by atoms with Crippen LogP contribution in [0.15, 0.2) is 12.1 Å². The van der Waals surface area contributed by atoms with Crippen molar-refractivity contribution in [1.29, 1.82) is 0 Å². The number of carbonyl (C=O) groups is 1. The molecule has 0 aliphatic heterocycles. The quantitative estimate of drug-likeness (QED) is 0.595. The van der Waals surface area contributed by atoms with Gasteiger partial charge in [-0.2, -0.15) is 0 Å². The molecule has 1 amide bonds. The summed E-state index contributed by atoms with van der Waals surface area (Å²) in [5.74, 6) is -2.20. The SMILES string of the molecule is COc1cc(C(N)=O)c([N+](=O)[O-])cc1F. The lowest BCUT2D eigenvalue weighted by atomic mass is 10.1. The molecule has 0 fully saturated rings. The summed E-state index contributed by atoms with van der Waals surface area (Å²) >= 11 is 0. The molecule has 1 aromatic rings. The third kappa shape index (κ3) is 2.01. The van der Waals surface area contributed by atoms with Crippen LogP contribution in [0.25, 0.3) is 0 Å². The normalized spacial score (nSPS) is 9.73. The van der Waals surface area contributed by atoms with Crippen molar-refractivity contribution in [2.24, 2.45) is 5.73 Å². The maximum atomic E-state index is 13.1. The Morgan fingerprint density at radius 3 is 2.60 bits per heavy atom. The van der Waals surface area contributed by atoms with E-state index in [0.29, 0.717) is 6.07 Å². The molecule has 1 rings (SSSR count). The molecule has 80 valence electrons. The van der Waals surface area contributed by atoms with E-state index in [1.807, 2.05) is 0 Å². The molecule has 7 heteroatoms. The Hall–Kier alpha value is -2.18. The summed E-state index contributed by atoms with van der Waals surface area (Å²) < 4.78 is 17.6. The number of methoxy groups -OCH3 is 1. The van der Waals surface area contributed by atoms with Gasteiger partial charge in [0, 0.05) is 6.07 Å². The number of amides is 1. The van der Waals surface area contributed by atoms with Crippen LogP contribution in [0, 0.1) is 15.9 Å². The average Bonchev–Trinajstić information content (AvgIpc) is 2.16. The summed E-state index contributed by atoms with van der Waals surface area (Å²) in [5.41, 5.74) is 3.83. The summed E-state index contributed by atoms with van der Waals surface area (Å²) in [7, 11) is 1.18. The van der Waals surface area contributed by atoms with E-state index in [0.717, 1.165) is 6.07 Å². The topological polar surface area (TPSA) is 95.5 Å². The maximum absolute atomic E-state index is 13.1. The van der Waals surface area contributed by atoms with Crippen LogP contribution in [0.3, 0.4) is 0 Å². The van der Waals surface area contributed by atoms with Crippen molar-refractivity contribution in [2.45, 2.75) is 0 Å². The number of hydrogen-bond donors (Lipinski definition) is 1. The summed E-state index contributed by atoms with van der Waals surface area (Å²) in [4.78, 5) is 20.4. The number of ether oxygens (including phenoxy) is 1. The van der Waals surface area contributed by atoms with Crippen LogP contribution in [0.5, 0.6) is 5.75 Å². The predicted octanol–water partition coefficient (Wildman–Crippen LogP) is 0.841. The van der Waals surface area contributed by atoms with Crippen molar-refractivity contribution < 1.29 is 18.8 Å². The van der Waals surface area contributed by atoms with Crippen LogP contribution in [0.1, 0.15) is 10.4 Å². The number of nitro groups is 1. The standard InChI is InChI=1S/C8H7FN2O4/c1-15-7-2-4(8(10)12)6(11(13)14)3-5(7)9/h2-3H,1H3,(H2,10,12). The molecule has 6 nitrogen and oxygen atoms in total. The molecule has 0 aliphatic rings. The van der Waals surface area contributed by atoms with Crippen LogP contribution in [-0.4, -0.2) is 17.9 Å². The van der Waals surface area contributed by atoms with Crippen molar-refractivity contribution >= 4 is 11.6 Å². The van der Waals surface area contributed by atoms with Crippen LogP contribution >= 0.6 is 0 Å². The smallest absolute Gasteiger partial charge is 0.285 e. The number of nitro benzene ring substituents is 1. The highest BCUT2D eigenvalue weighted by molar-refractivity contribution is 5.97. The largest absolute Gasteiger partial charge is 0.494 e. The van der Waals surface area contributed by atoms with Crippen LogP contribution in [0.2, 0.25) is 0 Å². The van der Waals surface area contributed by atoms with Gasteiger partial charge in [-0.1, -0.05) is 0 Å². The van der Waals surface area contributed by atoms with E-state index in [4.69, 9.17) is 5.73 Å². The van der Waals surface area contributed by atoms with Gasteiger partial charge in [0.25, 0.3) is 11.6 Å². The fraction of sp³-hybridized carbons (Fsp3) is 0.125. The molecule has 0 aromatic heterocycles. The van der Waals surface area contributed by atoms with E-state index < -0.39 is 27.9 Å². The molecule has 0 saturated carbocycles. The van der Waals surface area contributed by atoms with Gasteiger partial charge in [-0.05, 0) is 0 Å². The minimum Gasteiger partial charge on any atom is -0.494 e. The minimum atomic E-state index is -1.01. The van der Waals surface area contributed by atoms with E-state index >= 15 is 0 Å². The Bertz CT molecular complexity index is 433. The zero-order chi connectivity index (χ0) is 11.6. The molecular weight excluding hydrogens is 207 g/mol. The first-order valence-electron chi connectivity index (χ1n) is 3.79. The third-order valence-electron chi connectivity index (χ3n) is 1.73. The van der Waals surface area contributed by atoms with Gasteiger partial charge in [0.15, 0.2) is 11.6 Å². The lowest BCUT2D eigenvalue weighted by molar-refractivity contribution is -0.385. The average molecular weight is 214 g/mol. The lowest BCUT2D eigenvalue weighted by Crippen LogP contribution is -2.14. The van der Waals surface area contributed by atoms with Crippen molar-refractivity contribution in [3.05, 3.63) is 33.6 Å². The van der Waals surface area contributed by atoms with Gasteiger partial charge < -0.3 is 10.5 Å². The second-order valence-electron chi connectivity index (χ2n) is 2.63. The third-order valence-corrected chi connectivity index (χ3v) is 1.73. The highest BCUT2D eigenvalue weighted by Crippen LogP contribution is 2.26. The number of halogens is 1. The monoisotopic (exact) mass is 214 g/mol. The van der Waals surface area contributed by atoms with Gasteiger partial charge in [-0.3, -0.25) is 14.9 Å². The van der Waals surface area contributed by atoms with Gasteiger partial charge in [0.1, 0.15) is 5.56 Å². The fourth-order valence-corrected chi connectivity index (χ4v) is 1.05. The first kappa shape index (κ1) is 10.9. The zero-order valence-electron chi connectivity index (χ0n) is 7.69. The highest BCUT2D eigenvalue weighted by atomic mass is 19.1. The Balaban J connectivity index is 3.45. The van der Waals surface area contributed by atoms with Crippen LogP contribution in [0.4, 0.5) is 10.1 Å². The van der Waals surface area contributed by atoms with Crippen molar-refractivity contribution in [2.75, 3.05) is 7.11 Å². The van der Waals surface area contributed by atoms with Crippen molar-refractivity contribution in [3.8, 4) is 5.75 Å². The fourth-order valence-electron chi connectivity index (χ4n) is 1.05. The molecule has 2 N–H and O–H groups in total. The van der Waals surface area contributed by atoms with Crippen molar-refractivity contribution in [3.63, 3.8) is 0 Å². The Morgan fingerprint density at radius 1 is 1.60 bits per heavy atom. The highest BCUT2D eigenvalue weighted by Gasteiger charge is 2.22. The lowest BCUT2D eigenvalue weighted by Gasteiger charge is -2.04. The molecular formula is C8H7FN2O4. The molecule has 0 atom stereocenters. The van der Waals surface area contributed by atoms with Crippen molar-refractivity contribution in [1.82, 2.24) is 0 Å². The van der Waals surface area contributed by atoms with E-state index in [-0.39, 0.29) is 5.75 Å². The zero-order valence-corrected chi connectivity index (χ0v) is 7.69. The van der Waals surface area contributed by atoms with Crippen LogP contribution < -0.4 is 10.5 Å². The molecule has 0 heterocycles. The molecule has 15 heavy (non-hydrogen) atoms. The first-order chi connectivity index (χ1) is 6.97. The minimum absolute atomic E-state index is 0.269.